The van der Waals surface area contributed by atoms with Crippen LogP contribution in [0.4, 0.5) is 5.69 Å². The summed E-state index contributed by atoms with van der Waals surface area (Å²) in [5.41, 5.74) is 0.794. The fourth-order valence-electron chi connectivity index (χ4n) is 2.21. The first kappa shape index (κ1) is 14.3. The smallest absolute Gasteiger partial charge is 0.175 e. The zero-order valence-corrected chi connectivity index (χ0v) is 12.5. The minimum atomic E-state index is -3.14. The average molecular weight is 298 g/mol. The molecule has 1 aliphatic rings. The molecule has 0 heterocycles. The van der Waals surface area contributed by atoms with Crippen molar-refractivity contribution in [2.75, 3.05) is 11.6 Å². The topological polar surface area (TPSA) is 58.2 Å². The third-order valence-electron chi connectivity index (χ3n) is 3.23. The highest BCUT2D eigenvalue weighted by Gasteiger charge is 2.15. The summed E-state index contributed by atoms with van der Waals surface area (Å²) in [6.07, 6.45) is 6.03. The normalized spacial score (nSPS) is 16.3. The molecule has 0 atom stereocenters. The van der Waals surface area contributed by atoms with Gasteiger partial charge in [0.05, 0.1) is 4.90 Å². The van der Waals surface area contributed by atoms with E-state index in [-0.39, 0.29) is 0 Å². The van der Waals surface area contributed by atoms with Gasteiger partial charge in [0, 0.05) is 18.0 Å². The van der Waals surface area contributed by atoms with Gasteiger partial charge in [-0.1, -0.05) is 12.8 Å². The van der Waals surface area contributed by atoms with Crippen LogP contribution >= 0.6 is 12.2 Å². The fourth-order valence-corrected chi connectivity index (χ4v) is 3.12. The Morgan fingerprint density at radius 2 is 1.79 bits per heavy atom. The van der Waals surface area contributed by atoms with Crippen LogP contribution in [0.5, 0.6) is 0 Å². The molecule has 4 nitrogen and oxygen atoms in total. The number of benzene rings is 1. The van der Waals surface area contributed by atoms with Crippen LogP contribution in [0.1, 0.15) is 25.7 Å². The molecular formula is C13H18N2O2S2. The molecule has 2 N–H and O–H groups in total. The summed E-state index contributed by atoms with van der Waals surface area (Å²) >= 11 is 5.24. The van der Waals surface area contributed by atoms with Gasteiger partial charge in [0.1, 0.15) is 0 Å². The van der Waals surface area contributed by atoms with E-state index in [4.69, 9.17) is 12.2 Å². The number of nitrogens with one attached hydrogen (secondary N) is 2. The average Bonchev–Trinajstić information content (AvgIpc) is 2.81. The third-order valence-corrected chi connectivity index (χ3v) is 4.58. The standard InChI is InChI=1S/C13H18N2O2S2/c1-19(16,17)12-8-6-11(7-9-12)15-13(18)14-10-4-2-3-5-10/h6-10H,2-5H2,1H3,(H2,14,15,18). The highest BCUT2D eigenvalue weighted by Crippen LogP contribution is 2.18. The summed E-state index contributed by atoms with van der Waals surface area (Å²) in [6, 6.07) is 7.07. The highest BCUT2D eigenvalue weighted by molar-refractivity contribution is 7.90. The largest absolute Gasteiger partial charge is 0.360 e. The molecule has 0 bridgehead atoms. The van der Waals surface area contributed by atoms with E-state index in [0.29, 0.717) is 16.0 Å². The monoisotopic (exact) mass is 298 g/mol. The second-order valence-corrected chi connectivity index (χ2v) is 7.30. The maximum atomic E-state index is 11.3. The Morgan fingerprint density at radius 3 is 2.32 bits per heavy atom. The van der Waals surface area contributed by atoms with E-state index in [1.165, 1.54) is 19.1 Å². The summed E-state index contributed by atoms with van der Waals surface area (Å²) in [5.74, 6) is 0. The zero-order chi connectivity index (χ0) is 13.9. The molecule has 19 heavy (non-hydrogen) atoms. The van der Waals surface area contributed by atoms with Gasteiger partial charge < -0.3 is 10.6 Å². The lowest BCUT2D eigenvalue weighted by Gasteiger charge is -2.15. The van der Waals surface area contributed by atoms with Gasteiger partial charge in [-0.25, -0.2) is 8.42 Å². The number of thiocarbonyl (C=S) groups is 1. The lowest BCUT2D eigenvalue weighted by Crippen LogP contribution is -2.35. The van der Waals surface area contributed by atoms with Crippen molar-refractivity contribution >= 4 is 32.9 Å². The molecule has 2 rings (SSSR count). The van der Waals surface area contributed by atoms with Gasteiger partial charge in [0.2, 0.25) is 0 Å². The molecule has 1 aromatic carbocycles. The maximum absolute atomic E-state index is 11.3. The SMILES string of the molecule is CS(=O)(=O)c1ccc(NC(=S)NC2CCCC2)cc1. The Bertz CT molecular complexity index is 547. The minimum Gasteiger partial charge on any atom is -0.360 e. The Kier molecular flexibility index (Phi) is 4.42. The van der Waals surface area contributed by atoms with Gasteiger partial charge in [-0.2, -0.15) is 0 Å². The number of anilines is 1. The molecule has 0 saturated heterocycles. The van der Waals surface area contributed by atoms with Crippen LogP contribution in [-0.2, 0) is 9.84 Å². The van der Waals surface area contributed by atoms with E-state index < -0.39 is 9.84 Å². The lowest BCUT2D eigenvalue weighted by atomic mass is 10.2. The van der Waals surface area contributed by atoms with Gasteiger partial charge in [-0.15, -0.1) is 0 Å². The molecule has 0 amide bonds. The van der Waals surface area contributed by atoms with Crippen molar-refractivity contribution in [2.24, 2.45) is 0 Å². The Morgan fingerprint density at radius 1 is 1.21 bits per heavy atom. The first-order valence-electron chi connectivity index (χ1n) is 6.33. The van der Waals surface area contributed by atoms with E-state index >= 15 is 0 Å². The molecule has 0 spiro atoms. The first-order chi connectivity index (χ1) is 8.95. The summed E-state index contributed by atoms with van der Waals surface area (Å²) in [7, 11) is -3.14. The molecule has 1 fully saturated rings. The predicted molar refractivity (Wildman–Crippen MR) is 81.2 cm³/mol. The number of sulfone groups is 1. The molecule has 1 aliphatic carbocycles. The van der Waals surface area contributed by atoms with Crippen LogP contribution in [0.3, 0.4) is 0 Å². The molecule has 0 radical (unpaired) electrons. The summed E-state index contributed by atoms with van der Waals surface area (Å²) in [6.45, 7) is 0. The third kappa shape index (κ3) is 4.18. The van der Waals surface area contributed by atoms with Gasteiger partial charge in [-0.05, 0) is 49.3 Å². The van der Waals surface area contributed by atoms with E-state index in [0.717, 1.165) is 18.5 Å². The van der Waals surface area contributed by atoms with Crippen LogP contribution in [0, 0.1) is 0 Å². The van der Waals surface area contributed by atoms with E-state index in [1.807, 2.05) is 0 Å². The quantitative estimate of drug-likeness (QED) is 0.839. The van der Waals surface area contributed by atoms with Gasteiger partial charge in [0.15, 0.2) is 14.9 Å². The van der Waals surface area contributed by atoms with Crippen LogP contribution in [0.2, 0.25) is 0 Å². The Labute approximate surface area is 119 Å². The molecule has 6 heteroatoms. The van der Waals surface area contributed by atoms with Crippen LogP contribution in [0.25, 0.3) is 0 Å². The summed E-state index contributed by atoms with van der Waals surface area (Å²) < 4.78 is 22.7. The van der Waals surface area contributed by atoms with Gasteiger partial charge in [-0.3, -0.25) is 0 Å². The zero-order valence-electron chi connectivity index (χ0n) is 10.8. The van der Waals surface area contributed by atoms with Crippen molar-refractivity contribution in [3.05, 3.63) is 24.3 Å². The van der Waals surface area contributed by atoms with Crippen LogP contribution in [0.15, 0.2) is 29.2 Å². The second kappa shape index (κ2) is 5.88. The minimum absolute atomic E-state index is 0.313. The number of hydrogen-bond donors (Lipinski definition) is 2. The van der Waals surface area contributed by atoms with Crippen molar-refractivity contribution < 1.29 is 8.42 Å². The van der Waals surface area contributed by atoms with Gasteiger partial charge in [0.25, 0.3) is 0 Å². The first-order valence-corrected chi connectivity index (χ1v) is 8.63. The van der Waals surface area contributed by atoms with Gasteiger partial charge >= 0.3 is 0 Å². The van der Waals surface area contributed by atoms with E-state index in [2.05, 4.69) is 10.6 Å². The molecule has 1 aromatic rings. The Hall–Kier alpha value is -1.14. The van der Waals surface area contributed by atoms with Crippen molar-refractivity contribution in [1.29, 1.82) is 0 Å². The van der Waals surface area contributed by atoms with Crippen LogP contribution < -0.4 is 10.6 Å². The highest BCUT2D eigenvalue weighted by atomic mass is 32.2. The van der Waals surface area contributed by atoms with E-state index in [9.17, 15) is 8.42 Å². The number of hydrogen-bond acceptors (Lipinski definition) is 3. The van der Waals surface area contributed by atoms with Crippen molar-refractivity contribution in [3.63, 3.8) is 0 Å². The van der Waals surface area contributed by atoms with Crippen molar-refractivity contribution in [2.45, 2.75) is 36.6 Å². The molecule has 1 saturated carbocycles. The van der Waals surface area contributed by atoms with Crippen LogP contribution in [-0.4, -0.2) is 25.8 Å². The number of rotatable bonds is 3. The summed E-state index contributed by atoms with van der Waals surface area (Å²) in [5, 5.41) is 6.94. The van der Waals surface area contributed by atoms with E-state index in [1.54, 1.807) is 24.3 Å². The fraction of sp³-hybridized carbons (Fsp3) is 0.462. The van der Waals surface area contributed by atoms with Crippen molar-refractivity contribution in [1.82, 2.24) is 5.32 Å². The Balaban J connectivity index is 1.93. The molecule has 0 aliphatic heterocycles. The molecule has 0 aromatic heterocycles. The maximum Gasteiger partial charge on any atom is 0.175 e. The van der Waals surface area contributed by atoms with Crippen molar-refractivity contribution in [3.8, 4) is 0 Å². The second-order valence-electron chi connectivity index (χ2n) is 4.88. The lowest BCUT2D eigenvalue weighted by molar-refractivity contribution is 0.602. The molecular weight excluding hydrogens is 280 g/mol. The predicted octanol–water partition coefficient (Wildman–Crippen LogP) is 2.32. The molecule has 104 valence electrons. The molecule has 0 unspecified atom stereocenters. The summed E-state index contributed by atoms with van der Waals surface area (Å²) in [4.78, 5) is 0.313.